The van der Waals surface area contributed by atoms with Gasteiger partial charge in [0.15, 0.2) is 0 Å². The van der Waals surface area contributed by atoms with Crippen molar-refractivity contribution in [3.8, 4) is 0 Å². The quantitative estimate of drug-likeness (QED) is 0.527. The standard InChI is InChI=1S/C6H12O3/c1-5(8-3)4-9-6(2)7/h5H,4H2,1-3H3. The summed E-state index contributed by atoms with van der Waals surface area (Å²) in [6, 6.07) is 0. The maximum absolute atomic E-state index is 10.2. The van der Waals surface area contributed by atoms with Crippen LogP contribution >= 0.6 is 0 Å². The van der Waals surface area contributed by atoms with Crippen LogP contribution < -0.4 is 0 Å². The van der Waals surface area contributed by atoms with E-state index in [1.807, 2.05) is 6.92 Å². The Morgan fingerprint density at radius 1 is 1.67 bits per heavy atom. The lowest BCUT2D eigenvalue weighted by atomic mass is 10.4. The van der Waals surface area contributed by atoms with Gasteiger partial charge in [-0.1, -0.05) is 0 Å². The van der Waals surface area contributed by atoms with Crippen LogP contribution in [-0.4, -0.2) is 25.8 Å². The molecule has 0 aliphatic heterocycles. The molecule has 0 fully saturated rings. The summed E-state index contributed by atoms with van der Waals surface area (Å²) in [7, 11) is 1.58. The van der Waals surface area contributed by atoms with E-state index in [0.29, 0.717) is 6.61 Å². The second-order valence-corrected chi connectivity index (χ2v) is 1.85. The first kappa shape index (κ1) is 8.43. The maximum atomic E-state index is 10.2. The third-order valence-corrected chi connectivity index (χ3v) is 0.924. The molecule has 0 heterocycles. The molecule has 3 nitrogen and oxygen atoms in total. The Labute approximate surface area is 55.0 Å². The summed E-state index contributed by atoms with van der Waals surface area (Å²) < 4.78 is 9.45. The summed E-state index contributed by atoms with van der Waals surface area (Å²) in [4.78, 5) is 10.2. The van der Waals surface area contributed by atoms with Gasteiger partial charge in [0, 0.05) is 14.0 Å². The van der Waals surface area contributed by atoms with Crippen LogP contribution in [0.15, 0.2) is 0 Å². The SMILES string of the molecule is COC(C)COC(C)=O. The molecule has 0 aliphatic rings. The minimum atomic E-state index is -0.265. The zero-order valence-electron chi connectivity index (χ0n) is 6.01. The molecule has 0 saturated heterocycles. The molecule has 1 unspecified atom stereocenters. The Kier molecular flexibility index (Phi) is 4.05. The van der Waals surface area contributed by atoms with Crippen molar-refractivity contribution in [1.29, 1.82) is 0 Å². The van der Waals surface area contributed by atoms with Crippen molar-refractivity contribution in [3.05, 3.63) is 0 Å². The Morgan fingerprint density at radius 3 is 2.56 bits per heavy atom. The van der Waals surface area contributed by atoms with Crippen LogP contribution in [-0.2, 0) is 14.3 Å². The monoisotopic (exact) mass is 132 g/mol. The van der Waals surface area contributed by atoms with Gasteiger partial charge in [0.25, 0.3) is 0 Å². The maximum Gasteiger partial charge on any atom is 0.302 e. The lowest BCUT2D eigenvalue weighted by Crippen LogP contribution is -2.15. The van der Waals surface area contributed by atoms with Gasteiger partial charge in [-0.15, -0.1) is 0 Å². The highest BCUT2D eigenvalue weighted by Crippen LogP contribution is 1.88. The van der Waals surface area contributed by atoms with E-state index in [9.17, 15) is 4.79 Å². The van der Waals surface area contributed by atoms with Crippen molar-refractivity contribution in [3.63, 3.8) is 0 Å². The first-order valence-electron chi connectivity index (χ1n) is 2.83. The van der Waals surface area contributed by atoms with Gasteiger partial charge < -0.3 is 9.47 Å². The summed E-state index contributed by atoms with van der Waals surface area (Å²) in [6.07, 6.45) is -0.00565. The van der Waals surface area contributed by atoms with Gasteiger partial charge in [-0.3, -0.25) is 4.79 Å². The van der Waals surface area contributed by atoms with E-state index in [2.05, 4.69) is 4.74 Å². The molecule has 1 atom stereocenters. The second kappa shape index (κ2) is 4.32. The summed E-state index contributed by atoms with van der Waals surface area (Å²) in [5.74, 6) is -0.265. The fraction of sp³-hybridized carbons (Fsp3) is 0.833. The molecule has 0 aromatic carbocycles. The fourth-order valence-corrected chi connectivity index (χ4v) is 0.303. The van der Waals surface area contributed by atoms with E-state index < -0.39 is 0 Å². The topological polar surface area (TPSA) is 35.5 Å². The average molecular weight is 132 g/mol. The molecule has 0 bridgehead atoms. The van der Waals surface area contributed by atoms with E-state index in [4.69, 9.17) is 4.74 Å². The van der Waals surface area contributed by atoms with Crippen molar-refractivity contribution < 1.29 is 14.3 Å². The molecule has 0 spiro atoms. The van der Waals surface area contributed by atoms with Crippen LogP contribution in [0, 0.1) is 0 Å². The van der Waals surface area contributed by atoms with E-state index in [-0.39, 0.29) is 12.1 Å². The van der Waals surface area contributed by atoms with Gasteiger partial charge in [0.05, 0.1) is 6.10 Å². The first-order chi connectivity index (χ1) is 4.16. The molecule has 0 aromatic heterocycles. The van der Waals surface area contributed by atoms with Gasteiger partial charge in [0.1, 0.15) is 6.61 Å². The average Bonchev–Trinajstić information content (AvgIpc) is 1.83. The van der Waals surface area contributed by atoms with E-state index >= 15 is 0 Å². The Bertz CT molecular complexity index is 90.3. The lowest BCUT2D eigenvalue weighted by molar-refractivity contribution is -0.144. The number of hydrogen-bond donors (Lipinski definition) is 0. The molecule has 0 N–H and O–H groups in total. The van der Waals surface area contributed by atoms with Crippen molar-refractivity contribution in [1.82, 2.24) is 0 Å². The molecule has 0 aromatic rings. The summed E-state index contributed by atoms with van der Waals surface area (Å²) in [5, 5.41) is 0. The predicted octanol–water partition coefficient (Wildman–Crippen LogP) is 0.584. The number of ether oxygens (including phenoxy) is 2. The molecule has 0 radical (unpaired) electrons. The molecule has 0 amide bonds. The Balaban J connectivity index is 3.16. The van der Waals surface area contributed by atoms with Gasteiger partial charge in [-0.2, -0.15) is 0 Å². The van der Waals surface area contributed by atoms with E-state index in [1.54, 1.807) is 7.11 Å². The number of esters is 1. The summed E-state index contributed by atoms with van der Waals surface area (Å²) in [6.45, 7) is 3.55. The molecule has 3 heteroatoms. The molecule has 0 aliphatic carbocycles. The van der Waals surface area contributed by atoms with Crippen LogP contribution in [0.1, 0.15) is 13.8 Å². The number of methoxy groups -OCH3 is 1. The normalized spacial score (nSPS) is 12.8. The van der Waals surface area contributed by atoms with Gasteiger partial charge >= 0.3 is 5.97 Å². The zero-order valence-corrected chi connectivity index (χ0v) is 6.01. The number of carbonyl (C=O) groups is 1. The molecule has 54 valence electrons. The first-order valence-corrected chi connectivity index (χ1v) is 2.83. The van der Waals surface area contributed by atoms with Crippen molar-refractivity contribution in [2.45, 2.75) is 20.0 Å². The Morgan fingerprint density at radius 2 is 2.22 bits per heavy atom. The van der Waals surface area contributed by atoms with Crippen LogP contribution in [0.4, 0.5) is 0 Å². The van der Waals surface area contributed by atoms with Crippen molar-refractivity contribution >= 4 is 5.97 Å². The van der Waals surface area contributed by atoms with Crippen molar-refractivity contribution in [2.75, 3.05) is 13.7 Å². The fourth-order valence-electron chi connectivity index (χ4n) is 0.303. The van der Waals surface area contributed by atoms with E-state index in [1.165, 1.54) is 6.92 Å². The molecule has 0 saturated carbocycles. The second-order valence-electron chi connectivity index (χ2n) is 1.85. The third-order valence-electron chi connectivity index (χ3n) is 0.924. The van der Waals surface area contributed by atoms with E-state index in [0.717, 1.165) is 0 Å². The van der Waals surface area contributed by atoms with Gasteiger partial charge in [-0.05, 0) is 6.92 Å². The van der Waals surface area contributed by atoms with Gasteiger partial charge in [-0.25, -0.2) is 0 Å². The zero-order chi connectivity index (χ0) is 7.28. The molecular formula is C6H12O3. The molecular weight excluding hydrogens is 120 g/mol. The number of hydrogen-bond acceptors (Lipinski definition) is 3. The number of carbonyl (C=O) groups excluding carboxylic acids is 1. The number of rotatable bonds is 3. The van der Waals surface area contributed by atoms with Gasteiger partial charge in [0.2, 0.25) is 0 Å². The van der Waals surface area contributed by atoms with Crippen LogP contribution in [0.3, 0.4) is 0 Å². The summed E-state index contributed by atoms with van der Waals surface area (Å²) >= 11 is 0. The summed E-state index contributed by atoms with van der Waals surface area (Å²) in [5.41, 5.74) is 0. The third kappa shape index (κ3) is 5.30. The minimum absolute atomic E-state index is 0.00565. The van der Waals surface area contributed by atoms with Crippen LogP contribution in [0.2, 0.25) is 0 Å². The highest BCUT2D eigenvalue weighted by atomic mass is 16.6. The predicted molar refractivity (Wildman–Crippen MR) is 33.1 cm³/mol. The van der Waals surface area contributed by atoms with Crippen molar-refractivity contribution in [2.24, 2.45) is 0 Å². The lowest BCUT2D eigenvalue weighted by Gasteiger charge is -2.07. The Hall–Kier alpha value is -0.570. The molecule has 9 heavy (non-hydrogen) atoms. The smallest absolute Gasteiger partial charge is 0.302 e. The highest BCUT2D eigenvalue weighted by molar-refractivity contribution is 5.65. The largest absolute Gasteiger partial charge is 0.463 e. The van der Waals surface area contributed by atoms with Crippen LogP contribution in [0.25, 0.3) is 0 Å². The molecule has 0 rings (SSSR count). The van der Waals surface area contributed by atoms with Crippen LogP contribution in [0.5, 0.6) is 0 Å². The minimum Gasteiger partial charge on any atom is -0.463 e. The highest BCUT2D eigenvalue weighted by Gasteiger charge is 1.99.